The predicted octanol–water partition coefficient (Wildman–Crippen LogP) is 2.03. The van der Waals surface area contributed by atoms with E-state index in [0.29, 0.717) is 42.9 Å². The molecule has 1 aliphatic heterocycles. The fourth-order valence-electron chi connectivity index (χ4n) is 3.31. The van der Waals surface area contributed by atoms with Crippen molar-refractivity contribution >= 4 is 33.4 Å². The van der Waals surface area contributed by atoms with Crippen molar-refractivity contribution in [3.63, 3.8) is 0 Å². The number of nitrogens with zero attached hydrogens (tertiary/aromatic N) is 4. The number of amides is 1. The molecule has 4 rings (SSSR count). The topological polar surface area (TPSA) is 116 Å². The van der Waals surface area contributed by atoms with Gasteiger partial charge in [-0.25, -0.2) is 8.42 Å². The van der Waals surface area contributed by atoms with Crippen LogP contribution < -0.4 is 10.1 Å². The van der Waals surface area contributed by atoms with Crippen LogP contribution in [0.1, 0.15) is 0 Å². The van der Waals surface area contributed by atoms with E-state index in [1.54, 1.807) is 30.1 Å². The van der Waals surface area contributed by atoms with Crippen molar-refractivity contribution in [2.75, 3.05) is 44.5 Å². The van der Waals surface area contributed by atoms with Crippen LogP contribution in [-0.2, 0) is 19.6 Å². The second-order valence-electron chi connectivity index (χ2n) is 7.04. The molecule has 0 bridgehead atoms. The summed E-state index contributed by atoms with van der Waals surface area (Å²) in [4.78, 5) is 12.7. The summed E-state index contributed by atoms with van der Waals surface area (Å²) in [6.07, 6.45) is 1.55. The molecule has 0 atom stereocenters. The van der Waals surface area contributed by atoms with Crippen LogP contribution in [0.25, 0.3) is 5.69 Å². The zero-order valence-electron chi connectivity index (χ0n) is 17.9. The molecule has 2 heterocycles. The predicted molar refractivity (Wildman–Crippen MR) is 123 cm³/mol. The number of carbonyl (C=O) groups is 1. The maximum Gasteiger partial charge on any atom is 0.243 e. The molecule has 2 aromatic carbocycles. The van der Waals surface area contributed by atoms with Gasteiger partial charge in [0.05, 0.1) is 36.7 Å². The highest BCUT2D eigenvalue weighted by Crippen LogP contribution is 2.27. The van der Waals surface area contributed by atoms with E-state index >= 15 is 0 Å². The number of benzene rings is 2. The zero-order valence-corrected chi connectivity index (χ0v) is 19.5. The number of anilines is 1. The molecule has 1 fully saturated rings. The maximum absolute atomic E-state index is 12.9. The highest BCUT2D eigenvalue weighted by Gasteiger charge is 2.26. The summed E-state index contributed by atoms with van der Waals surface area (Å²) in [7, 11) is -2.07. The number of thioether (sulfide) groups is 1. The number of hydrogen-bond donors (Lipinski definition) is 1. The molecule has 3 aromatic rings. The lowest BCUT2D eigenvalue weighted by atomic mass is 10.3. The maximum atomic E-state index is 12.9. The van der Waals surface area contributed by atoms with Gasteiger partial charge in [0, 0.05) is 18.8 Å². The first kappa shape index (κ1) is 23.2. The number of sulfonamides is 1. The lowest BCUT2D eigenvalue weighted by Crippen LogP contribution is -2.40. The van der Waals surface area contributed by atoms with Gasteiger partial charge in [-0.3, -0.25) is 9.36 Å². The van der Waals surface area contributed by atoms with Gasteiger partial charge in [0.25, 0.3) is 0 Å². The average Bonchev–Trinajstić information content (AvgIpc) is 3.32. The minimum atomic E-state index is -3.65. The minimum absolute atomic E-state index is 0.0638. The monoisotopic (exact) mass is 489 g/mol. The smallest absolute Gasteiger partial charge is 0.243 e. The summed E-state index contributed by atoms with van der Waals surface area (Å²) in [5.41, 5.74) is 1.16. The number of nitrogens with one attached hydrogen (secondary N) is 1. The number of carbonyl (C=O) groups excluding carboxylic acids is 1. The van der Waals surface area contributed by atoms with Crippen LogP contribution >= 0.6 is 11.8 Å². The molecular weight excluding hydrogens is 466 g/mol. The first-order valence-electron chi connectivity index (χ1n) is 10.1. The van der Waals surface area contributed by atoms with Crippen molar-refractivity contribution in [1.82, 2.24) is 19.1 Å². The Morgan fingerprint density at radius 2 is 1.97 bits per heavy atom. The molecule has 1 aliphatic rings. The van der Waals surface area contributed by atoms with Crippen molar-refractivity contribution in [2.24, 2.45) is 0 Å². The molecular formula is C21H23N5O5S2. The van der Waals surface area contributed by atoms with Crippen LogP contribution in [0.3, 0.4) is 0 Å². The Balaban J connectivity index is 1.42. The number of rotatable bonds is 8. The van der Waals surface area contributed by atoms with E-state index in [-0.39, 0.29) is 16.6 Å². The summed E-state index contributed by atoms with van der Waals surface area (Å²) in [5, 5.41) is 11.3. The van der Waals surface area contributed by atoms with Crippen LogP contribution in [0.4, 0.5) is 5.69 Å². The first-order chi connectivity index (χ1) is 16.0. The van der Waals surface area contributed by atoms with Crippen molar-refractivity contribution in [1.29, 1.82) is 0 Å². The van der Waals surface area contributed by atoms with E-state index < -0.39 is 10.0 Å². The van der Waals surface area contributed by atoms with Crippen LogP contribution in [0, 0.1) is 0 Å². The summed E-state index contributed by atoms with van der Waals surface area (Å²) in [5.74, 6) is 0.422. The van der Waals surface area contributed by atoms with E-state index in [9.17, 15) is 13.2 Å². The van der Waals surface area contributed by atoms with E-state index in [1.165, 1.54) is 28.2 Å². The van der Waals surface area contributed by atoms with Gasteiger partial charge >= 0.3 is 0 Å². The standard InChI is InChI=1S/C21H23N5O5S2/c1-30-19-8-3-2-7-18(19)26-15-22-24-21(26)32-14-20(27)23-16-5-4-6-17(13-16)33(28,29)25-9-11-31-12-10-25/h2-8,13,15H,9-12,14H2,1H3,(H,23,27). The van der Waals surface area contributed by atoms with Crippen LogP contribution in [0.15, 0.2) is 64.9 Å². The molecule has 174 valence electrons. The molecule has 10 nitrogen and oxygen atoms in total. The molecule has 0 unspecified atom stereocenters. The van der Waals surface area contributed by atoms with Crippen molar-refractivity contribution in [2.45, 2.75) is 10.1 Å². The minimum Gasteiger partial charge on any atom is -0.495 e. The van der Waals surface area contributed by atoms with Gasteiger partial charge in [0.15, 0.2) is 5.16 Å². The lowest BCUT2D eigenvalue weighted by molar-refractivity contribution is -0.113. The van der Waals surface area contributed by atoms with Crippen LogP contribution in [0.2, 0.25) is 0 Å². The van der Waals surface area contributed by atoms with Gasteiger partial charge in [-0.05, 0) is 30.3 Å². The third kappa shape index (κ3) is 5.36. The van der Waals surface area contributed by atoms with Crippen LogP contribution in [-0.4, -0.2) is 72.6 Å². The molecule has 1 amide bonds. The van der Waals surface area contributed by atoms with E-state index in [2.05, 4.69) is 15.5 Å². The summed E-state index contributed by atoms with van der Waals surface area (Å²) in [6.45, 7) is 1.35. The molecule has 12 heteroatoms. The zero-order chi connectivity index (χ0) is 23.3. The molecule has 1 N–H and O–H groups in total. The molecule has 0 saturated carbocycles. The second kappa shape index (κ2) is 10.3. The summed E-state index contributed by atoms with van der Waals surface area (Å²) in [6, 6.07) is 13.7. The summed E-state index contributed by atoms with van der Waals surface area (Å²) >= 11 is 1.21. The van der Waals surface area contributed by atoms with E-state index in [0.717, 1.165) is 5.69 Å². The van der Waals surface area contributed by atoms with Gasteiger partial charge in [0.1, 0.15) is 12.1 Å². The average molecular weight is 490 g/mol. The number of morpholine rings is 1. The van der Waals surface area contributed by atoms with Gasteiger partial charge in [-0.1, -0.05) is 30.0 Å². The fraction of sp³-hybridized carbons (Fsp3) is 0.286. The Labute approximate surface area is 196 Å². The Morgan fingerprint density at radius 3 is 2.76 bits per heavy atom. The third-order valence-corrected chi connectivity index (χ3v) is 7.76. The van der Waals surface area contributed by atoms with Crippen molar-refractivity contribution < 1.29 is 22.7 Å². The second-order valence-corrected chi connectivity index (χ2v) is 9.92. The van der Waals surface area contributed by atoms with Gasteiger partial charge < -0.3 is 14.8 Å². The Bertz CT molecular complexity index is 1230. The Morgan fingerprint density at radius 1 is 1.18 bits per heavy atom. The Hall–Kier alpha value is -2.93. The van der Waals surface area contributed by atoms with Gasteiger partial charge in [-0.15, -0.1) is 10.2 Å². The fourth-order valence-corrected chi connectivity index (χ4v) is 5.49. The molecule has 33 heavy (non-hydrogen) atoms. The summed E-state index contributed by atoms with van der Waals surface area (Å²) < 4.78 is 39.5. The Kier molecular flexibility index (Phi) is 7.28. The largest absolute Gasteiger partial charge is 0.495 e. The normalized spacial score (nSPS) is 14.7. The molecule has 1 saturated heterocycles. The first-order valence-corrected chi connectivity index (χ1v) is 12.6. The van der Waals surface area contributed by atoms with Crippen molar-refractivity contribution in [3.8, 4) is 11.4 Å². The lowest BCUT2D eigenvalue weighted by Gasteiger charge is -2.26. The number of methoxy groups -OCH3 is 1. The van der Waals surface area contributed by atoms with Gasteiger partial charge in [-0.2, -0.15) is 4.31 Å². The number of ether oxygens (including phenoxy) is 2. The molecule has 0 radical (unpaired) electrons. The number of hydrogen-bond acceptors (Lipinski definition) is 8. The highest BCUT2D eigenvalue weighted by molar-refractivity contribution is 7.99. The molecule has 1 aromatic heterocycles. The molecule has 0 aliphatic carbocycles. The van der Waals surface area contributed by atoms with Crippen LogP contribution in [0.5, 0.6) is 5.75 Å². The SMILES string of the molecule is COc1ccccc1-n1cnnc1SCC(=O)Nc1cccc(S(=O)(=O)N2CCOCC2)c1. The highest BCUT2D eigenvalue weighted by atomic mass is 32.2. The number of para-hydroxylation sites is 2. The number of aromatic nitrogens is 3. The van der Waals surface area contributed by atoms with Gasteiger partial charge in [0.2, 0.25) is 15.9 Å². The van der Waals surface area contributed by atoms with Crippen molar-refractivity contribution in [3.05, 3.63) is 54.9 Å². The third-order valence-electron chi connectivity index (χ3n) is 4.92. The van der Waals surface area contributed by atoms with E-state index in [1.807, 2.05) is 24.3 Å². The quantitative estimate of drug-likeness (QED) is 0.478. The molecule has 0 spiro atoms. The van der Waals surface area contributed by atoms with E-state index in [4.69, 9.17) is 9.47 Å².